The first-order valence-corrected chi connectivity index (χ1v) is 13.5. The number of carbonyl (C=O) groups is 1. The molecule has 0 atom stereocenters. The van der Waals surface area contributed by atoms with Crippen molar-refractivity contribution in [2.24, 2.45) is 7.05 Å². The molecule has 1 aliphatic rings. The van der Waals surface area contributed by atoms with Gasteiger partial charge in [-0.25, -0.2) is 9.78 Å². The molecule has 0 aliphatic heterocycles. The summed E-state index contributed by atoms with van der Waals surface area (Å²) in [5.41, 5.74) is 6.06. The molecule has 2 aromatic carbocycles. The third-order valence-corrected chi connectivity index (χ3v) is 7.38. The van der Waals surface area contributed by atoms with Crippen LogP contribution in [0.25, 0.3) is 11.0 Å². The second kappa shape index (κ2) is 9.96. The zero-order valence-corrected chi connectivity index (χ0v) is 23.9. The average Bonchev–Trinajstić information content (AvgIpc) is 3.63. The van der Waals surface area contributed by atoms with Gasteiger partial charge in [0.05, 0.1) is 11.1 Å². The Kier molecular flexibility index (Phi) is 6.87. The first kappa shape index (κ1) is 25.5. The van der Waals surface area contributed by atoms with Crippen LogP contribution in [0.2, 0.25) is 0 Å². The summed E-state index contributed by atoms with van der Waals surface area (Å²) in [4.78, 5) is 17.3. The Balaban J connectivity index is 1.37. The fourth-order valence-electron chi connectivity index (χ4n) is 4.23. The molecule has 1 N–H and O–H groups in total. The Morgan fingerprint density at radius 1 is 1.16 bits per heavy atom. The van der Waals surface area contributed by atoms with Crippen LogP contribution >= 0.6 is 22.6 Å². The Labute approximate surface area is 230 Å². The van der Waals surface area contributed by atoms with Crippen molar-refractivity contribution in [1.29, 1.82) is 0 Å². The van der Waals surface area contributed by atoms with Crippen LogP contribution in [0.1, 0.15) is 66.6 Å². The maximum atomic E-state index is 12.5. The van der Waals surface area contributed by atoms with Crippen molar-refractivity contribution < 1.29 is 14.3 Å². The van der Waals surface area contributed by atoms with Crippen molar-refractivity contribution in [3.8, 4) is 5.88 Å². The summed E-state index contributed by atoms with van der Waals surface area (Å²) in [6.45, 7) is 7.95. The van der Waals surface area contributed by atoms with Crippen LogP contribution < -0.4 is 10.1 Å². The Bertz CT molecular complexity index is 1480. The summed E-state index contributed by atoms with van der Waals surface area (Å²) in [5.74, 6) is 1.46. The van der Waals surface area contributed by atoms with Gasteiger partial charge in [0.15, 0.2) is 5.52 Å². The van der Waals surface area contributed by atoms with Crippen LogP contribution in [-0.2, 0) is 18.4 Å². The molecule has 4 aromatic rings. The highest BCUT2D eigenvalue weighted by molar-refractivity contribution is 14.1. The van der Waals surface area contributed by atoms with Gasteiger partial charge in [-0.05, 0) is 122 Å². The normalized spacial score (nSPS) is 13.6. The van der Waals surface area contributed by atoms with Crippen LogP contribution in [-0.4, -0.2) is 26.3 Å². The topological polar surface area (TPSA) is 78.3 Å². The molecule has 1 saturated carbocycles. The third kappa shape index (κ3) is 5.89. The third-order valence-electron chi connectivity index (χ3n) is 6.21. The number of esters is 1. The molecule has 1 fully saturated rings. The number of aromatic nitrogens is 3. The molecule has 0 unspecified atom stereocenters. The summed E-state index contributed by atoms with van der Waals surface area (Å²) in [5, 5.41) is 8.10. The number of fused-ring (bicyclic) bond motifs is 1. The van der Waals surface area contributed by atoms with Crippen LogP contribution in [0, 0.1) is 10.5 Å². The molecule has 37 heavy (non-hydrogen) atoms. The van der Waals surface area contributed by atoms with E-state index in [1.54, 1.807) is 16.8 Å². The monoisotopic (exact) mass is 610 g/mol. The number of halogens is 1. The lowest BCUT2D eigenvalue weighted by Gasteiger charge is -2.19. The van der Waals surface area contributed by atoms with E-state index in [1.165, 1.54) is 27.5 Å². The van der Waals surface area contributed by atoms with Crippen molar-refractivity contribution >= 4 is 51.1 Å². The smallest absolute Gasteiger partial charge is 0.338 e. The largest absolute Gasteiger partial charge is 0.470 e. The van der Waals surface area contributed by atoms with Crippen molar-refractivity contribution in [3.63, 3.8) is 0 Å². The Morgan fingerprint density at radius 3 is 2.68 bits per heavy atom. The maximum Gasteiger partial charge on any atom is 0.338 e. The lowest BCUT2D eigenvalue weighted by molar-refractivity contribution is 0.00693. The second-order valence-electron chi connectivity index (χ2n) is 10.6. The number of hydrogen-bond donors (Lipinski definition) is 1. The maximum absolute atomic E-state index is 12.5. The highest BCUT2D eigenvalue weighted by atomic mass is 127. The molecular formula is C29H31IN4O3. The molecule has 0 amide bonds. The zero-order chi connectivity index (χ0) is 26.3. The van der Waals surface area contributed by atoms with E-state index in [-0.39, 0.29) is 12.6 Å². The van der Waals surface area contributed by atoms with Crippen molar-refractivity contribution in [1.82, 2.24) is 14.8 Å². The number of rotatable bonds is 7. The summed E-state index contributed by atoms with van der Waals surface area (Å²) >= 11 is 2.41. The molecule has 5 rings (SSSR count). The van der Waals surface area contributed by atoms with Gasteiger partial charge in [0.1, 0.15) is 18.0 Å². The van der Waals surface area contributed by atoms with Crippen molar-refractivity contribution in [2.45, 2.75) is 58.7 Å². The van der Waals surface area contributed by atoms with Crippen LogP contribution in [0.15, 0.2) is 48.5 Å². The summed E-state index contributed by atoms with van der Waals surface area (Å²) in [6, 6.07) is 15.8. The van der Waals surface area contributed by atoms with E-state index in [1.807, 2.05) is 52.1 Å². The molecule has 0 bridgehead atoms. The molecule has 0 saturated heterocycles. The van der Waals surface area contributed by atoms with Gasteiger partial charge in [-0.2, -0.15) is 0 Å². The molecule has 7 nitrogen and oxygen atoms in total. The minimum Gasteiger partial charge on any atom is -0.470 e. The van der Waals surface area contributed by atoms with Gasteiger partial charge >= 0.3 is 5.97 Å². The molecule has 0 radical (unpaired) electrons. The quantitative estimate of drug-likeness (QED) is 0.179. The first-order chi connectivity index (χ1) is 17.6. The molecule has 192 valence electrons. The zero-order valence-electron chi connectivity index (χ0n) is 21.8. The van der Waals surface area contributed by atoms with Gasteiger partial charge in [0, 0.05) is 16.3 Å². The van der Waals surface area contributed by atoms with Gasteiger partial charge in [0.2, 0.25) is 0 Å². The minimum atomic E-state index is -0.551. The summed E-state index contributed by atoms with van der Waals surface area (Å²) in [6.07, 6.45) is 2.46. The van der Waals surface area contributed by atoms with Gasteiger partial charge in [-0.3, -0.25) is 4.68 Å². The second-order valence-corrected chi connectivity index (χ2v) is 11.7. The van der Waals surface area contributed by atoms with E-state index in [2.05, 4.69) is 52.1 Å². The first-order valence-electron chi connectivity index (χ1n) is 12.4. The van der Waals surface area contributed by atoms with Crippen molar-refractivity contribution in [3.05, 3.63) is 74.4 Å². The number of pyridine rings is 1. The van der Waals surface area contributed by atoms with Crippen molar-refractivity contribution in [2.75, 3.05) is 5.32 Å². The van der Waals surface area contributed by atoms with Gasteiger partial charge < -0.3 is 14.8 Å². The Hall–Kier alpha value is -3.14. The van der Waals surface area contributed by atoms with Crippen LogP contribution in [0.3, 0.4) is 0 Å². The number of carbonyl (C=O) groups excluding carboxylic acids is 1. The predicted molar refractivity (Wildman–Crippen MR) is 154 cm³/mol. The van der Waals surface area contributed by atoms with Gasteiger partial charge in [-0.1, -0.05) is 12.1 Å². The SMILES string of the molecule is Cc1cc(Nc2ccc3c(n2)c(OCc2cccc(C(=O)OC(C)(C)C)c2)nn3C)c(C2CC2)cc1I. The summed E-state index contributed by atoms with van der Waals surface area (Å²) in [7, 11) is 1.88. The van der Waals surface area contributed by atoms with E-state index in [0.29, 0.717) is 22.9 Å². The number of hydrogen-bond acceptors (Lipinski definition) is 6. The molecule has 2 aromatic heterocycles. The van der Waals surface area contributed by atoms with E-state index in [4.69, 9.17) is 14.5 Å². The number of benzene rings is 2. The van der Waals surface area contributed by atoms with Crippen LogP contribution in [0.4, 0.5) is 11.5 Å². The Morgan fingerprint density at radius 2 is 1.95 bits per heavy atom. The highest BCUT2D eigenvalue weighted by Gasteiger charge is 2.27. The van der Waals surface area contributed by atoms with E-state index < -0.39 is 5.60 Å². The molecular weight excluding hydrogens is 579 g/mol. The predicted octanol–water partition coefficient (Wildman–Crippen LogP) is 7.04. The number of anilines is 2. The fraction of sp³-hybridized carbons (Fsp3) is 0.345. The standard InChI is InChI=1S/C29H31IN4O3/c1-17-13-23(21(15-22(17)30)19-9-10-19)31-25-12-11-24-26(32-25)27(33-34(24)5)36-16-18-7-6-8-20(14-18)28(35)37-29(2,3)4/h6-8,11-15,19H,9-10,16H2,1-5H3,(H,31,32). The van der Waals surface area contributed by atoms with Gasteiger partial charge in [0.25, 0.3) is 5.88 Å². The van der Waals surface area contributed by atoms with E-state index in [9.17, 15) is 4.79 Å². The lowest BCUT2D eigenvalue weighted by Crippen LogP contribution is -2.23. The van der Waals surface area contributed by atoms with Crippen LogP contribution in [0.5, 0.6) is 5.88 Å². The number of aryl methyl sites for hydroxylation is 2. The van der Waals surface area contributed by atoms with E-state index >= 15 is 0 Å². The fourth-order valence-corrected chi connectivity index (χ4v) is 4.72. The molecule has 8 heteroatoms. The number of nitrogens with one attached hydrogen (secondary N) is 1. The highest BCUT2D eigenvalue weighted by Crippen LogP contribution is 2.45. The number of nitrogens with zero attached hydrogens (tertiary/aromatic N) is 3. The lowest BCUT2D eigenvalue weighted by atomic mass is 10.1. The average molecular weight is 610 g/mol. The minimum absolute atomic E-state index is 0.254. The van der Waals surface area contributed by atoms with Gasteiger partial charge in [-0.15, -0.1) is 5.10 Å². The number of ether oxygens (including phenoxy) is 2. The summed E-state index contributed by atoms with van der Waals surface area (Å²) < 4.78 is 14.6. The van der Waals surface area contributed by atoms with E-state index in [0.717, 1.165) is 22.6 Å². The molecule has 2 heterocycles. The molecule has 1 aliphatic carbocycles. The molecule has 0 spiro atoms.